The van der Waals surface area contributed by atoms with Crippen LogP contribution < -0.4 is 9.64 Å². The zero-order chi connectivity index (χ0) is 18.6. The van der Waals surface area contributed by atoms with E-state index in [0.717, 1.165) is 56.3 Å². The highest BCUT2D eigenvalue weighted by molar-refractivity contribution is 5.49. The Morgan fingerprint density at radius 2 is 1.85 bits per heavy atom. The average molecular weight is 375 g/mol. The lowest BCUT2D eigenvalue weighted by Gasteiger charge is -2.37. The van der Waals surface area contributed by atoms with Gasteiger partial charge >= 0.3 is 0 Å². The Labute approximate surface area is 163 Å². The van der Waals surface area contributed by atoms with Crippen molar-refractivity contribution >= 4 is 5.69 Å². The Kier molecular flexibility index (Phi) is 6.21. The smallest absolute Gasteiger partial charge is 0.119 e. The van der Waals surface area contributed by atoms with Gasteiger partial charge in [0.05, 0.1) is 19.8 Å². The molecule has 1 N–H and O–H groups in total. The molecule has 1 aromatic rings. The number of hydrogen-bond donors (Lipinski definition) is 1. The van der Waals surface area contributed by atoms with Crippen molar-refractivity contribution < 1.29 is 14.6 Å². The van der Waals surface area contributed by atoms with E-state index < -0.39 is 0 Å². The van der Waals surface area contributed by atoms with Gasteiger partial charge in [0, 0.05) is 45.0 Å². The van der Waals surface area contributed by atoms with Gasteiger partial charge in [0.25, 0.3) is 0 Å². The molecule has 2 bridgehead atoms. The first kappa shape index (κ1) is 19.0. The van der Waals surface area contributed by atoms with Crippen LogP contribution in [0.3, 0.4) is 0 Å². The maximum atomic E-state index is 10.4. The molecule has 1 heterocycles. The van der Waals surface area contributed by atoms with E-state index in [1.54, 1.807) is 7.11 Å². The molecule has 4 rings (SSSR count). The summed E-state index contributed by atoms with van der Waals surface area (Å²) in [5, 5.41) is 10.4. The van der Waals surface area contributed by atoms with E-state index in [2.05, 4.69) is 21.9 Å². The fourth-order valence-corrected chi connectivity index (χ4v) is 5.27. The average Bonchev–Trinajstić information content (AvgIpc) is 3.32. The molecule has 1 aromatic carbocycles. The van der Waals surface area contributed by atoms with Gasteiger partial charge in [-0.25, -0.2) is 0 Å². The van der Waals surface area contributed by atoms with Crippen molar-refractivity contribution in [2.24, 2.45) is 17.8 Å². The minimum absolute atomic E-state index is 0.379. The van der Waals surface area contributed by atoms with Gasteiger partial charge in [0.1, 0.15) is 5.75 Å². The van der Waals surface area contributed by atoms with Gasteiger partial charge in [0.2, 0.25) is 0 Å². The van der Waals surface area contributed by atoms with Crippen LogP contribution in [0.5, 0.6) is 5.75 Å². The molecule has 0 spiro atoms. The topological polar surface area (TPSA) is 45.2 Å². The number of methoxy groups -OCH3 is 1. The van der Waals surface area contributed by atoms with E-state index in [0.29, 0.717) is 13.2 Å². The molecule has 5 heteroatoms. The number of nitrogens with zero attached hydrogens (tertiary/aromatic N) is 2. The van der Waals surface area contributed by atoms with Crippen LogP contribution in [0.25, 0.3) is 0 Å². The minimum atomic E-state index is -0.379. The van der Waals surface area contributed by atoms with E-state index in [-0.39, 0.29) is 6.10 Å². The summed E-state index contributed by atoms with van der Waals surface area (Å²) >= 11 is 0. The molecule has 0 unspecified atom stereocenters. The number of aliphatic hydroxyl groups excluding tert-OH is 1. The van der Waals surface area contributed by atoms with Crippen LogP contribution in [0, 0.1) is 17.8 Å². The lowest BCUT2D eigenvalue weighted by Crippen LogP contribution is -2.49. The second-order valence-corrected chi connectivity index (χ2v) is 8.61. The molecule has 3 fully saturated rings. The molecule has 2 aliphatic carbocycles. The van der Waals surface area contributed by atoms with Gasteiger partial charge in [-0.05, 0) is 61.3 Å². The Bertz CT molecular complexity index is 586. The summed E-state index contributed by atoms with van der Waals surface area (Å²) in [6.07, 6.45) is 5.24. The number of benzene rings is 1. The predicted octanol–water partition coefficient (Wildman–Crippen LogP) is 2.63. The first-order chi connectivity index (χ1) is 13.2. The van der Waals surface area contributed by atoms with Gasteiger partial charge in [-0.3, -0.25) is 4.90 Å². The fourth-order valence-electron chi connectivity index (χ4n) is 5.27. The first-order valence-electron chi connectivity index (χ1n) is 10.6. The highest BCUT2D eigenvalue weighted by atomic mass is 16.5. The van der Waals surface area contributed by atoms with E-state index in [4.69, 9.17) is 9.47 Å². The molecule has 27 heavy (non-hydrogen) atoms. The maximum Gasteiger partial charge on any atom is 0.119 e. The summed E-state index contributed by atoms with van der Waals surface area (Å²) in [4.78, 5) is 4.75. The van der Waals surface area contributed by atoms with Crippen LogP contribution in [-0.2, 0) is 4.74 Å². The molecule has 2 saturated carbocycles. The summed E-state index contributed by atoms with van der Waals surface area (Å²) in [5.74, 6) is 3.52. The van der Waals surface area contributed by atoms with Crippen molar-refractivity contribution in [2.75, 3.05) is 57.9 Å². The van der Waals surface area contributed by atoms with Gasteiger partial charge < -0.3 is 19.5 Å². The Balaban J connectivity index is 1.13. The zero-order valence-corrected chi connectivity index (χ0v) is 16.6. The van der Waals surface area contributed by atoms with Crippen LogP contribution in [0.4, 0.5) is 5.69 Å². The number of hydrogen-bond acceptors (Lipinski definition) is 5. The van der Waals surface area contributed by atoms with E-state index >= 15 is 0 Å². The largest absolute Gasteiger partial charge is 0.497 e. The van der Waals surface area contributed by atoms with E-state index in [9.17, 15) is 5.11 Å². The standard InChI is InChI=1S/C22H34N2O3/c1-26-22-6-4-20(5-7-22)24-10-8-23(9-11-24)14-21(25)16-27-15-19-13-17-2-3-18(19)12-17/h4-7,17-19,21,25H,2-3,8-16H2,1H3/t17-,18-,19+,21+/m0/s1. The molecule has 5 nitrogen and oxygen atoms in total. The number of ether oxygens (including phenoxy) is 2. The normalized spacial score (nSPS) is 29.3. The summed E-state index contributed by atoms with van der Waals surface area (Å²) < 4.78 is 11.1. The SMILES string of the molecule is COc1ccc(N2CCN(C[C@@H](O)COC[C@H]3C[C@H]4CC[C@H]3C4)CC2)cc1. The molecule has 0 radical (unpaired) electrons. The third-order valence-corrected chi connectivity index (χ3v) is 6.81. The van der Waals surface area contributed by atoms with Gasteiger partial charge in [0.15, 0.2) is 0 Å². The Morgan fingerprint density at radius 1 is 1.07 bits per heavy atom. The summed E-state index contributed by atoms with van der Waals surface area (Å²) in [6.45, 7) is 5.99. The van der Waals surface area contributed by atoms with Crippen molar-refractivity contribution in [3.05, 3.63) is 24.3 Å². The van der Waals surface area contributed by atoms with Crippen molar-refractivity contribution in [2.45, 2.75) is 31.8 Å². The zero-order valence-electron chi connectivity index (χ0n) is 16.6. The number of rotatable bonds is 8. The third kappa shape index (κ3) is 4.76. The molecule has 3 aliphatic rings. The number of fused-ring (bicyclic) bond motifs is 2. The summed E-state index contributed by atoms with van der Waals surface area (Å²) in [6, 6.07) is 8.26. The summed E-state index contributed by atoms with van der Waals surface area (Å²) in [7, 11) is 1.70. The highest BCUT2D eigenvalue weighted by Gasteiger charge is 2.39. The minimum Gasteiger partial charge on any atom is -0.497 e. The molecule has 0 amide bonds. The second kappa shape index (κ2) is 8.80. The van der Waals surface area contributed by atoms with Crippen LogP contribution in [0.15, 0.2) is 24.3 Å². The Morgan fingerprint density at radius 3 is 2.48 bits per heavy atom. The third-order valence-electron chi connectivity index (χ3n) is 6.81. The molecule has 1 aliphatic heterocycles. The molecule has 4 atom stereocenters. The highest BCUT2D eigenvalue weighted by Crippen LogP contribution is 2.48. The molecule has 150 valence electrons. The number of aliphatic hydroxyl groups is 1. The van der Waals surface area contributed by atoms with Gasteiger partial charge in [-0.2, -0.15) is 0 Å². The van der Waals surface area contributed by atoms with Gasteiger partial charge in [-0.15, -0.1) is 0 Å². The lowest BCUT2D eigenvalue weighted by molar-refractivity contribution is -0.00274. The monoisotopic (exact) mass is 374 g/mol. The predicted molar refractivity (Wildman–Crippen MR) is 107 cm³/mol. The Hall–Kier alpha value is -1.30. The van der Waals surface area contributed by atoms with Crippen molar-refractivity contribution in [3.63, 3.8) is 0 Å². The van der Waals surface area contributed by atoms with E-state index in [1.807, 2.05) is 12.1 Å². The molecule has 1 saturated heterocycles. The van der Waals surface area contributed by atoms with Crippen LogP contribution in [0.2, 0.25) is 0 Å². The second-order valence-electron chi connectivity index (χ2n) is 8.61. The molecular formula is C22H34N2O3. The van der Waals surface area contributed by atoms with E-state index in [1.165, 1.54) is 31.4 Å². The number of β-amino-alcohol motifs (C(OH)–C–C–N with tert-alkyl or cyclic N) is 1. The first-order valence-corrected chi connectivity index (χ1v) is 10.6. The summed E-state index contributed by atoms with van der Waals surface area (Å²) in [5.41, 5.74) is 1.24. The lowest BCUT2D eigenvalue weighted by atomic mass is 9.90. The molecule has 0 aromatic heterocycles. The number of piperazine rings is 1. The fraction of sp³-hybridized carbons (Fsp3) is 0.727. The van der Waals surface area contributed by atoms with Gasteiger partial charge in [-0.1, -0.05) is 6.42 Å². The van der Waals surface area contributed by atoms with Crippen LogP contribution >= 0.6 is 0 Å². The van der Waals surface area contributed by atoms with Crippen LogP contribution in [0.1, 0.15) is 25.7 Å². The molecular weight excluding hydrogens is 340 g/mol. The van der Waals surface area contributed by atoms with Crippen LogP contribution in [-0.4, -0.2) is 69.2 Å². The van der Waals surface area contributed by atoms with Crippen molar-refractivity contribution in [1.82, 2.24) is 4.90 Å². The maximum absolute atomic E-state index is 10.4. The number of anilines is 1. The van der Waals surface area contributed by atoms with Crippen molar-refractivity contribution in [3.8, 4) is 5.75 Å². The van der Waals surface area contributed by atoms with Crippen molar-refractivity contribution in [1.29, 1.82) is 0 Å². The quantitative estimate of drug-likeness (QED) is 0.758.